The molecule has 4 N–H and O–H groups in total. The van der Waals surface area contributed by atoms with Gasteiger partial charge in [0, 0.05) is 31.3 Å². The lowest BCUT2D eigenvalue weighted by Crippen LogP contribution is -2.69. The predicted molar refractivity (Wildman–Crippen MR) is 75.5 cm³/mol. The fraction of sp³-hybridized carbons (Fsp3) is 0.438. The number of hydrogen-bond acceptors (Lipinski definition) is 4. The van der Waals surface area contributed by atoms with Gasteiger partial charge in [-0.15, -0.1) is 37.0 Å². The lowest BCUT2D eigenvalue weighted by molar-refractivity contribution is -0.231. The Balaban J connectivity index is 3.60. The summed E-state index contributed by atoms with van der Waals surface area (Å²) in [5.41, 5.74) is -6.81. The Morgan fingerprint density at radius 1 is 1.10 bits per heavy atom. The highest BCUT2D eigenvalue weighted by Gasteiger charge is 2.63. The van der Waals surface area contributed by atoms with E-state index in [1.165, 1.54) is 0 Å². The van der Waals surface area contributed by atoms with E-state index in [1.54, 1.807) is 0 Å². The van der Waals surface area contributed by atoms with Gasteiger partial charge in [-0.25, -0.2) is 4.79 Å². The maximum Gasteiger partial charge on any atom is 0.331 e. The molecular formula is C16H16O5. The number of hydrogen-bond donors (Lipinski definition) is 4. The van der Waals surface area contributed by atoms with Gasteiger partial charge < -0.3 is 20.4 Å². The molecule has 3 unspecified atom stereocenters. The van der Waals surface area contributed by atoms with Crippen LogP contribution in [0.4, 0.5) is 0 Å². The molecule has 5 heteroatoms. The first-order valence-electron chi connectivity index (χ1n) is 6.12. The minimum atomic E-state index is -2.24. The molecule has 3 atom stereocenters. The molecule has 5 nitrogen and oxygen atoms in total. The predicted octanol–water partition coefficient (Wildman–Crippen LogP) is -0.336. The van der Waals surface area contributed by atoms with E-state index in [4.69, 9.17) is 24.4 Å². The zero-order valence-corrected chi connectivity index (χ0v) is 11.3. The second kappa shape index (κ2) is 5.64. The molecule has 0 aromatic carbocycles. The topological polar surface area (TPSA) is 98.0 Å². The number of carbonyl (C=O) groups is 1. The molecule has 0 spiro atoms. The molecule has 0 amide bonds. The van der Waals surface area contributed by atoms with Crippen LogP contribution in [0, 0.1) is 37.0 Å². The van der Waals surface area contributed by atoms with Crippen molar-refractivity contribution in [2.24, 2.45) is 0 Å². The van der Waals surface area contributed by atoms with Crippen molar-refractivity contribution in [2.45, 2.75) is 42.5 Å². The number of terminal acetylenes is 3. The summed E-state index contributed by atoms with van der Waals surface area (Å²) in [7, 11) is 0. The molecule has 0 bridgehead atoms. The molecule has 0 radical (unpaired) electrons. The van der Waals surface area contributed by atoms with E-state index in [1.807, 2.05) is 0 Å². The van der Waals surface area contributed by atoms with Crippen molar-refractivity contribution in [3.05, 3.63) is 11.6 Å². The zero-order valence-electron chi connectivity index (χ0n) is 11.3. The number of aliphatic carboxylic acids is 1. The summed E-state index contributed by atoms with van der Waals surface area (Å²) in [5.74, 6) is 5.14. The highest BCUT2D eigenvalue weighted by atomic mass is 16.4. The third-order valence-electron chi connectivity index (χ3n) is 3.78. The van der Waals surface area contributed by atoms with Crippen LogP contribution in [-0.4, -0.2) is 43.2 Å². The summed E-state index contributed by atoms with van der Waals surface area (Å²) in [5, 5.41) is 41.3. The number of rotatable bonds is 4. The van der Waals surface area contributed by atoms with Crippen LogP contribution in [0.3, 0.4) is 0 Å². The Labute approximate surface area is 123 Å². The first kappa shape index (κ1) is 16.8. The van der Waals surface area contributed by atoms with E-state index in [2.05, 4.69) is 17.8 Å². The van der Waals surface area contributed by atoms with Crippen LogP contribution in [0.1, 0.15) is 25.7 Å². The Bertz CT molecular complexity index is 600. The Morgan fingerprint density at radius 2 is 1.62 bits per heavy atom. The van der Waals surface area contributed by atoms with E-state index in [0.717, 1.165) is 6.08 Å². The third-order valence-corrected chi connectivity index (χ3v) is 3.78. The van der Waals surface area contributed by atoms with Crippen LogP contribution in [0.5, 0.6) is 0 Å². The lowest BCUT2D eigenvalue weighted by Gasteiger charge is -2.52. The fourth-order valence-electron chi connectivity index (χ4n) is 2.66. The first-order chi connectivity index (χ1) is 9.69. The smallest absolute Gasteiger partial charge is 0.331 e. The van der Waals surface area contributed by atoms with Gasteiger partial charge in [0.15, 0.2) is 0 Å². The second-order valence-corrected chi connectivity index (χ2v) is 5.11. The fourth-order valence-corrected chi connectivity index (χ4v) is 2.66. The van der Waals surface area contributed by atoms with Crippen molar-refractivity contribution < 1.29 is 25.2 Å². The van der Waals surface area contributed by atoms with Crippen LogP contribution in [0.15, 0.2) is 11.6 Å². The van der Waals surface area contributed by atoms with E-state index in [-0.39, 0.29) is 12.0 Å². The molecule has 1 rings (SSSR count). The Morgan fingerprint density at radius 3 is 2.05 bits per heavy atom. The van der Waals surface area contributed by atoms with E-state index in [0.29, 0.717) is 0 Å². The Kier molecular flexibility index (Phi) is 4.52. The molecule has 1 aliphatic carbocycles. The van der Waals surface area contributed by atoms with E-state index in [9.17, 15) is 20.1 Å². The van der Waals surface area contributed by atoms with Gasteiger partial charge in [-0.05, 0) is 6.08 Å². The van der Waals surface area contributed by atoms with E-state index < -0.39 is 42.0 Å². The van der Waals surface area contributed by atoms with Crippen molar-refractivity contribution >= 4 is 5.97 Å². The Hall–Kier alpha value is -2.23. The van der Waals surface area contributed by atoms with Crippen LogP contribution >= 0.6 is 0 Å². The second-order valence-electron chi connectivity index (χ2n) is 5.11. The number of carboxylic acid groups (broad SMARTS) is 1. The normalized spacial score (nSPS) is 35.0. The van der Waals surface area contributed by atoms with E-state index >= 15 is 0 Å². The molecule has 21 heavy (non-hydrogen) atoms. The van der Waals surface area contributed by atoms with Gasteiger partial charge in [-0.2, -0.15) is 0 Å². The molecule has 110 valence electrons. The molecule has 0 aromatic rings. The quantitative estimate of drug-likeness (QED) is 0.531. The molecule has 0 aromatic heterocycles. The summed E-state index contributed by atoms with van der Waals surface area (Å²) in [6.07, 6.45) is 14.8. The molecule has 1 aliphatic rings. The minimum Gasteiger partial charge on any atom is -0.478 e. The van der Waals surface area contributed by atoms with Crippen molar-refractivity contribution in [1.82, 2.24) is 0 Å². The average molecular weight is 288 g/mol. The van der Waals surface area contributed by atoms with Crippen LogP contribution in [-0.2, 0) is 4.79 Å². The first-order valence-corrected chi connectivity index (χ1v) is 6.12. The van der Waals surface area contributed by atoms with Crippen molar-refractivity contribution in [3.8, 4) is 37.0 Å². The minimum absolute atomic E-state index is 0.285. The third kappa shape index (κ3) is 2.53. The number of aliphatic hydroxyl groups is 3. The summed E-state index contributed by atoms with van der Waals surface area (Å²) >= 11 is 0. The standard InChI is InChI=1S/C16H16O5/c1-4-7-14(19)10-12(13(17)18)11-15(20,8-5-2)16(14,21)9-6-3/h1-3,10,19-21H,7-9,11H2,(H,17,18). The highest BCUT2D eigenvalue weighted by Crippen LogP contribution is 2.48. The van der Waals surface area contributed by atoms with Crippen molar-refractivity contribution in [1.29, 1.82) is 0 Å². The average Bonchev–Trinajstić information content (AvgIpc) is 2.37. The highest BCUT2D eigenvalue weighted by molar-refractivity contribution is 5.87. The van der Waals surface area contributed by atoms with Gasteiger partial charge in [0.25, 0.3) is 0 Å². The van der Waals surface area contributed by atoms with Gasteiger partial charge in [0.1, 0.15) is 16.8 Å². The monoisotopic (exact) mass is 288 g/mol. The molecule has 0 aliphatic heterocycles. The van der Waals surface area contributed by atoms with Gasteiger partial charge in [0.05, 0.1) is 0 Å². The summed E-state index contributed by atoms with van der Waals surface area (Å²) in [6.45, 7) is 0. The van der Waals surface area contributed by atoms with Gasteiger partial charge in [0.2, 0.25) is 0 Å². The van der Waals surface area contributed by atoms with Crippen LogP contribution < -0.4 is 0 Å². The molecule has 0 saturated carbocycles. The maximum atomic E-state index is 11.2. The largest absolute Gasteiger partial charge is 0.478 e. The molecule has 0 saturated heterocycles. The van der Waals surface area contributed by atoms with Crippen molar-refractivity contribution in [2.75, 3.05) is 0 Å². The molecular weight excluding hydrogens is 272 g/mol. The summed E-state index contributed by atoms with van der Waals surface area (Å²) in [6, 6.07) is 0. The lowest BCUT2D eigenvalue weighted by atomic mass is 9.60. The van der Waals surface area contributed by atoms with Crippen LogP contribution in [0.25, 0.3) is 0 Å². The SMILES string of the molecule is C#CCC1(O)C=C(C(=O)O)CC(O)(CC#C)C1(O)CC#C. The zero-order chi connectivity index (χ0) is 16.3. The van der Waals surface area contributed by atoms with Crippen molar-refractivity contribution in [3.63, 3.8) is 0 Å². The van der Waals surface area contributed by atoms with Gasteiger partial charge >= 0.3 is 5.97 Å². The molecule has 0 fully saturated rings. The van der Waals surface area contributed by atoms with Gasteiger partial charge in [-0.3, -0.25) is 0 Å². The molecule has 0 heterocycles. The maximum absolute atomic E-state index is 11.2. The van der Waals surface area contributed by atoms with Crippen LogP contribution in [0.2, 0.25) is 0 Å². The summed E-state index contributed by atoms with van der Waals surface area (Å²) < 4.78 is 0. The van der Waals surface area contributed by atoms with Gasteiger partial charge in [-0.1, -0.05) is 0 Å². The summed E-state index contributed by atoms with van der Waals surface area (Å²) in [4.78, 5) is 11.2. The number of carboxylic acids is 1.